The van der Waals surface area contributed by atoms with Crippen molar-refractivity contribution in [1.29, 1.82) is 5.26 Å². The predicted molar refractivity (Wildman–Crippen MR) is 156 cm³/mol. The SMILES string of the molecule is CCSc1ccc(CN2CCN(c3ccc(-c4cc(-c5cnn(C)c5)cn5ncc(C#N)c45)cn3)CC2)cc1. The van der Waals surface area contributed by atoms with Crippen LogP contribution in [0, 0.1) is 11.3 Å². The second-order valence-electron chi connectivity index (χ2n) is 9.75. The van der Waals surface area contributed by atoms with Crippen molar-refractivity contribution in [2.75, 3.05) is 36.8 Å². The van der Waals surface area contributed by atoms with Crippen LogP contribution in [0.4, 0.5) is 5.82 Å². The highest BCUT2D eigenvalue weighted by Crippen LogP contribution is 2.32. The molecule has 0 spiro atoms. The van der Waals surface area contributed by atoms with Gasteiger partial charge < -0.3 is 4.90 Å². The molecular formula is C30H30N8S. The molecule has 1 aromatic carbocycles. The molecular weight excluding hydrogens is 504 g/mol. The highest BCUT2D eigenvalue weighted by atomic mass is 32.2. The zero-order chi connectivity index (χ0) is 26.8. The lowest BCUT2D eigenvalue weighted by molar-refractivity contribution is 0.249. The van der Waals surface area contributed by atoms with Crippen LogP contribution in [0.2, 0.25) is 0 Å². The largest absolute Gasteiger partial charge is 0.354 e. The van der Waals surface area contributed by atoms with Crippen LogP contribution in [0.3, 0.4) is 0 Å². The summed E-state index contributed by atoms with van der Waals surface area (Å²) >= 11 is 1.88. The molecule has 6 rings (SSSR count). The summed E-state index contributed by atoms with van der Waals surface area (Å²) in [4.78, 5) is 11.0. The fraction of sp³-hybridized carbons (Fsp3) is 0.267. The Labute approximate surface area is 232 Å². The zero-order valence-corrected chi connectivity index (χ0v) is 23.0. The number of hydrogen-bond acceptors (Lipinski definition) is 7. The predicted octanol–water partition coefficient (Wildman–Crippen LogP) is 5.10. The molecule has 0 bridgehead atoms. The lowest BCUT2D eigenvalue weighted by atomic mass is 10.0. The van der Waals surface area contributed by atoms with Gasteiger partial charge in [-0.05, 0) is 41.6 Å². The van der Waals surface area contributed by atoms with Crippen LogP contribution in [-0.4, -0.2) is 61.2 Å². The number of benzene rings is 1. The van der Waals surface area contributed by atoms with E-state index in [1.165, 1.54) is 10.5 Å². The quantitative estimate of drug-likeness (QED) is 0.269. The summed E-state index contributed by atoms with van der Waals surface area (Å²) in [6, 6.07) is 17.5. The number of fused-ring (bicyclic) bond motifs is 1. The molecule has 0 atom stereocenters. The summed E-state index contributed by atoms with van der Waals surface area (Å²) in [6.45, 7) is 7.06. The Hall–Kier alpha value is -4.13. The van der Waals surface area contributed by atoms with Gasteiger partial charge >= 0.3 is 0 Å². The number of piperazine rings is 1. The van der Waals surface area contributed by atoms with Gasteiger partial charge in [0.15, 0.2) is 0 Å². The molecule has 9 heteroatoms. The van der Waals surface area contributed by atoms with Crippen molar-refractivity contribution >= 4 is 23.1 Å². The van der Waals surface area contributed by atoms with E-state index in [-0.39, 0.29) is 0 Å². The van der Waals surface area contributed by atoms with Crippen LogP contribution in [0.1, 0.15) is 18.1 Å². The van der Waals surface area contributed by atoms with E-state index < -0.39 is 0 Å². The number of anilines is 1. The maximum atomic E-state index is 9.70. The Kier molecular flexibility index (Phi) is 7.05. The Morgan fingerprint density at radius 3 is 2.38 bits per heavy atom. The molecule has 0 radical (unpaired) electrons. The van der Waals surface area contributed by atoms with E-state index in [2.05, 4.69) is 75.5 Å². The van der Waals surface area contributed by atoms with Crippen molar-refractivity contribution < 1.29 is 0 Å². The van der Waals surface area contributed by atoms with Crippen LogP contribution >= 0.6 is 11.8 Å². The summed E-state index contributed by atoms with van der Waals surface area (Å²) in [5.74, 6) is 2.08. The number of nitrogens with zero attached hydrogens (tertiary/aromatic N) is 8. The van der Waals surface area contributed by atoms with Gasteiger partial charge in [-0.15, -0.1) is 11.8 Å². The van der Waals surface area contributed by atoms with Crippen LogP contribution in [0.15, 0.2) is 78.3 Å². The second-order valence-corrected chi connectivity index (χ2v) is 11.1. The van der Waals surface area contributed by atoms with E-state index in [4.69, 9.17) is 4.98 Å². The Balaban J connectivity index is 1.18. The first-order valence-corrected chi connectivity index (χ1v) is 14.2. The van der Waals surface area contributed by atoms with Crippen molar-refractivity contribution in [2.45, 2.75) is 18.4 Å². The summed E-state index contributed by atoms with van der Waals surface area (Å²) in [5.41, 5.74) is 6.55. The van der Waals surface area contributed by atoms with E-state index in [9.17, 15) is 5.26 Å². The number of hydrogen-bond donors (Lipinski definition) is 0. The van der Waals surface area contributed by atoms with Crippen LogP contribution < -0.4 is 4.90 Å². The number of nitriles is 1. The smallest absolute Gasteiger partial charge is 0.128 e. The normalized spacial score (nSPS) is 14.1. The molecule has 39 heavy (non-hydrogen) atoms. The van der Waals surface area contributed by atoms with Crippen molar-refractivity contribution in [3.8, 4) is 28.3 Å². The summed E-state index contributed by atoms with van der Waals surface area (Å²) in [5, 5.41) is 18.5. The minimum atomic E-state index is 0.543. The van der Waals surface area contributed by atoms with Gasteiger partial charge in [0.1, 0.15) is 11.9 Å². The Morgan fingerprint density at radius 2 is 1.72 bits per heavy atom. The topological polar surface area (TPSA) is 78.3 Å². The van der Waals surface area contributed by atoms with Crippen LogP contribution in [-0.2, 0) is 13.6 Å². The van der Waals surface area contributed by atoms with E-state index in [1.54, 1.807) is 15.4 Å². The van der Waals surface area contributed by atoms with E-state index in [0.29, 0.717) is 5.56 Å². The first kappa shape index (κ1) is 25.2. The standard InChI is InChI=1S/C30H30N8S/c1-3-39-27-7-4-22(5-8-27)19-36-10-12-37(13-11-36)29-9-6-23(16-32-29)28-14-24(26-18-33-35(2)20-26)21-38-30(28)25(15-31)17-34-38/h4-9,14,16-18,20-21H,3,10-13,19H2,1-2H3. The molecule has 5 heterocycles. The molecule has 0 aliphatic carbocycles. The first-order valence-electron chi connectivity index (χ1n) is 13.2. The molecule has 1 fully saturated rings. The molecule has 0 amide bonds. The molecule has 196 valence electrons. The van der Waals surface area contributed by atoms with Gasteiger partial charge in [-0.1, -0.05) is 19.1 Å². The molecule has 4 aromatic heterocycles. The van der Waals surface area contributed by atoms with Gasteiger partial charge in [-0.3, -0.25) is 9.58 Å². The first-order chi connectivity index (χ1) is 19.1. The third-order valence-corrected chi connectivity index (χ3v) is 8.06. The summed E-state index contributed by atoms with van der Waals surface area (Å²) in [6.07, 6.45) is 9.28. The van der Waals surface area contributed by atoms with Gasteiger partial charge in [0.2, 0.25) is 0 Å². The molecule has 0 unspecified atom stereocenters. The fourth-order valence-electron chi connectivity index (χ4n) is 5.13. The number of rotatable bonds is 7. The minimum Gasteiger partial charge on any atom is -0.354 e. The molecule has 5 aromatic rings. The van der Waals surface area contributed by atoms with Crippen molar-refractivity contribution in [2.24, 2.45) is 7.05 Å². The van der Waals surface area contributed by atoms with Gasteiger partial charge in [0, 0.05) is 85.5 Å². The van der Waals surface area contributed by atoms with Gasteiger partial charge in [-0.25, -0.2) is 9.50 Å². The molecule has 8 nitrogen and oxygen atoms in total. The number of aryl methyl sites for hydroxylation is 1. The molecule has 1 saturated heterocycles. The van der Waals surface area contributed by atoms with Crippen molar-refractivity contribution in [3.05, 3.63) is 84.6 Å². The number of thioether (sulfide) groups is 1. The van der Waals surface area contributed by atoms with Crippen molar-refractivity contribution in [3.63, 3.8) is 0 Å². The van der Waals surface area contributed by atoms with Gasteiger partial charge in [0.25, 0.3) is 0 Å². The minimum absolute atomic E-state index is 0.543. The summed E-state index contributed by atoms with van der Waals surface area (Å²) in [7, 11) is 1.90. The monoisotopic (exact) mass is 534 g/mol. The van der Waals surface area contributed by atoms with Crippen molar-refractivity contribution in [1.82, 2.24) is 29.3 Å². The van der Waals surface area contributed by atoms with Crippen LogP contribution in [0.25, 0.3) is 27.8 Å². The summed E-state index contributed by atoms with van der Waals surface area (Å²) < 4.78 is 3.56. The zero-order valence-electron chi connectivity index (χ0n) is 22.2. The highest BCUT2D eigenvalue weighted by molar-refractivity contribution is 7.99. The molecule has 1 aliphatic rings. The second kappa shape index (κ2) is 10.9. The highest BCUT2D eigenvalue weighted by Gasteiger charge is 2.19. The average Bonchev–Trinajstić information content (AvgIpc) is 3.60. The van der Waals surface area contributed by atoms with Crippen LogP contribution in [0.5, 0.6) is 0 Å². The molecule has 1 aliphatic heterocycles. The third-order valence-electron chi connectivity index (χ3n) is 7.17. The van der Waals surface area contributed by atoms with E-state index >= 15 is 0 Å². The number of pyridine rings is 2. The van der Waals surface area contributed by atoms with Gasteiger partial charge in [-0.2, -0.15) is 15.5 Å². The third kappa shape index (κ3) is 5.26. The lowest BCUT2D eigenvalue weighted by Gasteiger charge is -2.35. The maximum Gasteiger partial charge on any atom is 0.128 e. The van der Waals surface area contributed by atoms with E-state index in [1.807, 2.05) is 43.6 Å². The Bertz CT molecular complexity index is 1620. The number of aromatic nitrogens is 5. The molecule has 0 saturated carbocycles. The Morgan fingerprint density at radius 1 is 0.897 bits per heavy atom. The fourth-order valence-corrected chi connectivity index (χ4v) is 5.80. The average molecular weight is 535 g/mol. The van der Waals surface area contributed by atoms with Gasteiger partial charge in [0.05, 0.1) is 23.5 Å². The van der Waals surface area contributed by atoms with E-state index in [0.717, 1.165) is 72.1 Å². The maximum absolute atomic E-state index is 9.70. The molecule has 0 N–H and O–H groups in total. The lowest BCUT2D eigenvalue weighted by Crippen LogP contribution is -2.46.